The van der Waals surface area contributed by atoms with Crippen LogP contribution in [0.2, 0.25) is 0 Å². The maximum Gasteiger partial charge on any atom is 0.225 e. The van der Waals surface area contributed by atoms with Crippen LogP contribution in [0, 0.1) is 5.92 Å². The molecule has 1 unspecified atom stereocenters. The zero-order valence-electron chi connectivity index (χ0n) is 9.34. The number of benzene rings is 1. The zero-order valence-corrected chi connectivity index (χ0v) is 9.34. The first-order chi connectivity index (χ1) is 7.50. The standard InChI is InChI=1S/C12H15NO3/c1-7-5-9-3-4-10(15)6-11(9)13(8(2)14)12(7)16/h3-4,6-7,12,15-16H,5H2,1-2H3/t7?,12-/m0/s1. The van der Waals surface area contributed by atoms with E-state index in [-0.39, 0.29) is 17.6 Å². The van der Waals surface area contributed by atoms with E-state index in [9.17, 15) is 15.0 Å². The van der Waals surface area contributed by atoms with Crippen molar-refractivity contribution < 1.29 is 15.0 Å². The Kier molecular flexibility index (Phi) is 2.59. The van der Waals surface area contributed by atoms with Gasteiger partial charge in [0.25, 0.3) is 0 Å². The Morgan fingerprint density at radius 2 is 2.19 bits per heavy atom. The summed E-state index contributed by atoms with van der Waals surface area (Å²) in [5.74, 6) is -0.112. The molecule has 1 heterocycles. The fraction of sp³-hybridized carbons (Fsp3) is 0.417. The van der Waals surface area contributed by atoms with Crippen molar-refractivity contribution in [3.63, 3.8) is 0 Å². The van der Waals surface area contributed by atoms with Crippen molar-refractivity contribution in [1.82, 2.24) is 0 Å². The van der Waals surface area contributed by atoms with E-state index >= 15 is 0 Å². The zero-order chi connectivity index (χ0) is 11.9. The third-order valence-corrected chi connectivity index (χ3v) is 2.98. The molecule has 0 radical (unpaired) electrons. The lowest BCUT2D eigenvalue weighted by atomic mass is 9.92. The second-order valence-corrected chi connectivity index (χ2v) is 4.30. The van der Waals surface area contributed by atoms with Crippen LogP contribution in [0.5, 0.6) is 5.75 Å². The highest BCUT2D eigenvalue weighted by atomic mass is 16.3. The van der Waals surface area contributed by atoms with Gasteiger partial charge in [0.1, 0.15) is 12.0 Å². The number of hydrogen-bond acceptors (Lipinski definition) is 3. The number of rotatable bonds is 0. The van der Waals surface area contributed by atoms with Gasteiger partial charge in [-0.2, -0.15) is 0 Å². The Morgan fingerprint density at radius 1 is 1.50 bits per heavy atom. The summed E-state index contributed by atoms with van der Waals surface area (Å²) in [5, 5.41) is 19.4. The second kappa shape index (κ2) is 3.79. The predicted molar refractivity (Wildman–Crippen MR) is 60.1 cm³/mol. The summed E-state index contributed by atoms with van der Waals surface area (Å²) in [6.07, 6.45) is -0.104. The summed E-state index contributed by atoms with van der Waals surface area (Å²) in [6, 6.07) is 4.91. The molecule has 16 heavy (non-hydrogen) atoms. The number of amides is 1. The van der Waals surface area contributed by atoms with Gasteiger partial charge in [-0.3, -0.25) is 9.69 Å². The lowest BCUT2D eigenvalue weighted by Gasteiger charge is -2.37. The molecule has 0 fully saturated rings. The highest BCUT2D eigenvalue weighted by Crippen LogP contribution is 2.35. The fourth-order valence-electron chi connectivity index (χ4n) is 2.15. The van der Waals surface area contributed by atoms with Gasteiger partial charge in [0.2, 0.25) is 5.91 Å². The molecular formula is C12H15NO3. The smallest absolute Gasteiger partial charge is 0.225 e. The minimum atomic E-state index is -0.813. The molecule has 1 aliphatic rings. The van der Waals surface area contributed by atoms with Crippen molar-refractivity contribution in [2.75, 3.05) is 4.90 Å². The number of aromatic hydroxyl groups is 1. The summed E-state index contributed by atoms with van der Waals surface area (Å²) in [6.45, 7) is 3.31. The van der Waals surface area contributed by atoms with Crippen LogP contribution in [0.15, 0.2) is 18.2 Å². The molecule has 86 valence electrons. The number of fused-ring (bicyclic) bond motifs is 1. The van der Waals surface area contributed by atoms with Crippen LogP contribution in [0.4, 0.5) is 5.69 Å². The molecule has 1 aromatic rings. The molecule has 2 N–H and O–H groups in total. The highest BCUT2D eigenvalue weighted by Gasteiger charge is 2.32. The van der Waals surface area contributed by atoms with Crippen molar-refractivity contribution in [3.05, 3.63) is 23.8 Å². The lowest BCUT2D eigenvalue weighted by molar-refractivity contribution is -0.119. The number of phenolic OH excluding ortho intramolecular Hbond substituents is 1. The number of carbonyl (C=O) groups excluding carboxylic acids is 1. The molecule has 2 atom stereocenters. The SMILES string of the molecule is CC(=O)N1c2cc(O)ccc2CC(C)[C@@H]1O. The molecule has 0 saturated carbocycles. The number of anilines is 1. The van der Waals surface area contributed by atoms with Crippen LogP contribution < -0.4 is 4.90 Å². The third-order valence-electron chi connectivity index (χ3n) is 2.98. The molecule has 0 saturated heterocycles. The molecule has 0 aliphatic carbocycles. The summed E-state index contributed by atoms with van der Waals surface area (Å²) in [4.78, 5) is 12.8. The van der Waals surface area contributed by atoms with Gasteiger partial charge in [0.15, 0.2) is 0 Å². The Labute approximate surface area is 94.1 Å². The third kappa shape index (κ3) is 1.65. The van der Waals surface area contributed by atoms with E-state index in [0.29, 0.717) is 12.1 Å². The number of aliphatic hydroxyl groups is 1. The van der Waals surface area contributed by atoms with E-state index in [0.717, 1.165) is 5.56 Å². The number of aliphatic hydroxyl groups excluding tert-OH is 1. The Bertz CT molecular complexity index is 430. The van der Waals surface area contributed by atoms with Gasteiger partial charge in [-0.1, -0.05) is 13.0 Å². The van der Waals surface area contributed by atoms with E-state index < -0.39 is 6.23 Å². The summed E-state index contributed by atoms with van der Waals surface area (Å²) < 4.78 is 0. The van der Waals surface area contributed by atoms with Crippen molar-refractivity contribution >= 4 is 11.6 Å². The molecule has 0 bridgehead atoms. The number of carbonyl (C=O) groups is 1. The fourth-order valence-corrected chi connectivity index (χ4v) is 2.15. The molecule has 1 amide bonds. The molecule has 0 aromatic heterocycles. The molecule has 4 nitrogen and oxygen atoms in total. The van der Waals surface area contributed by atoms with Crippen LogP contribution in [-0.4, -0.2) is 22.3 Å². The maximum absolute atomic E-state index is 11.5. The van der Waals surface area contributed by atoms with Gasteiger partial charge >= 0.3 is 0 Å². The minimum Gasteiger partial charge on any atom is -0.508 e. The largest absolute Gasteiger partial charge is 0.508 e. The molecule has 2 rings (SSSR count). The average Bonchev–Trinajstić information content (AvgIpc) is 2.20. The topological polar surface area (TPSA) is 60.8 Å². The van der Waals surface area contributed by atoms with Gasteiger partial charge in [-0.15, -0.1) is 0 Å². The molecule has 0 spiro atoms. The van der Waals surface area contributed by atoms with E-state index in [1.54, 1.807) is 12.1 Å². The summed E-state index contributed by atoms with van der Waals surface area (Å²) in [5.41, 5.74) is 1.59. The van der Waals surface area contributed by atoms with E-state index in [4.69, 9.17) is 0 Å². The minimum absolute atomic E-state index is 0.000873. The van der Waals surface area contributed by atoms with E-state index in [1.807, 2.05) is 6.92 Å². The normalized spacial score (nSPS) is 24.1. The maximum atomic E-state index is 11.5. The van der Waals surface area contributed by atoms with Gasteiger partial charge in [0, 0.05) is 18.9 Å². The Morgan fingerprint density at radius 3 is 2.81 bits per heavy atom. The second-order valence-electron chi connectivity index (χ2n) is 4.30. The molecule has 1 aliphatic heterocycles. The molecule has 1 aromatic carbocycles. The monoisotopic (exact) mass is 221 g/mol. The van der Waals surface area contributed by atoms with Gasteiger partial charge < -0.3 is 10.2 Å². The van der Waals surface area contributed by atoms with E-state index in [2.05, 4.69) is 0 Å². The van der Waals surface area contributed by atoms with Crippen LogP contribution in [0.25, 0.3) is 0 Å². The van der Waals surface area contributed by atoms with Crippen LogP contribution in [0.3, 0.4) is 0 Å². The Balaban J connectivity index is 2.53. The van der Waals surface area contributed by atoms with Crippen LogP contribution in [-0.2, 0) is 11.2 Å². The van der Waals surface area contributed by atoms with Gasteiger partial charge in [0.05, 0.1) is 5.69 Å². The number of hydrogen-bond donors (Lipinski definition) is 2. The summed E-state index contributed by atoms with van der Waals surface area (Å²) in [7, 11) is 0. The predicted octanol–water partition coefficient (Wildman–Crippen LogP) is 1.26. The first-order valence-electron chi connectivity index (χ1n) is 5.30. The van der Waals surface area contributed by atoms with Crippen molar-refractivity contribution in [3.8, 4) is 5.75 Å². The van der Waals surface area contributed by atoms with E-state index in [1.165, 1.54) is 17.9 Å². The van der Waals surface area contributed by atoms with Crippen molar-refractivity contribution in [2.24, 2.45) is 5.92 Å². The first kappa shape index (κ1) is 11.0. The summed E-state index contributed by atoms with van der Waals surface area (Å²) >= 11 is 0. The van der Waals surface area contributed by atoms with Crippen LogP contribution >= 0.6 is 0 Å². The van der Waals surface area contributed by atoms with Crippen molar-refractivity contribution in [1.29, 1.82) is 0 Å². The number of nitrogens with zero attached hydrogens (tertiary/aromatic N) is 1. The quantitative estimate of drug-likeness (QED) is 0.693. The Hall–Kier alpha value is -1.55. The number of phenols is 1. The van der Waals surface area contributed by atoms with Crippen LogP contribution in [0.1, 0.15) is 19.4 Å². The highest BCUT2D eigenvalue weighted by molar-refractivity contribution is 5.93. The first-order valence-corrected chi connectivity index (χ1v) is 5.30. The van der Waals surface area contributed by atoms with Gasteiger partial charge in [-0.05, 0) is 18.1 Å². The lowest BCUT2D eigenvalue weighted by Crippen LogP contribution is -2.46. The molecule has 4 heteroatoms. The average molecular weight is 221 g/mol. The molecular weight excluding hydrogens is 206 g/mol. The van der Waals surface area contributed by atoms with Crippen molar-refractivity contribution in [2.45, 2.75) is 26.5 Å². The van der Waals surface area contributed by atoms with Gasteiger partial charge in [-0.25, -0.2) is 0 Å².